The van der Waals surface area contributed by atoms with Gasteiger partial charge in [-0.2, -0.15) is 0 Å². The molecule has 1 aliphatic carbocycles. The number of anilines is 1. The average molecular weight is 582 g/mol. The van der Waals surface area contributed by atoms with E-state index in [2.05, 4.69) is 5.32 Å². The van der Waals surface area contributed by atoms with Crippen LogP contribution >= 0.6 is 0 Å². The summed E-state index contributed by atoms with van der Waals surface area (Å²) in [5.74, 6) is -0.922. The molecule has 8 nitrogen and oxygen atoms in total. The molecule has 1 saturated carbocycles. The first-order chi connectivity index (χ1) is 19.6. The van der Waals surface area contributed by atoms with Crippen molar-refractivity contribution in [2.45, 2.75) is 63.1 Å². The summed E-state index contributed by atoms with van der Waals surface area (Å²) in [5.41, 5.74) is 1.90. The highest BCUT2D eigenvalue weighted by atomic mass is 32.2. The molecule has 0 spiro atoms. The summed E-state index contributed by atoms with van der Waals surface area (Å²) in [6, 6.07) is 17.4. The van der Waals surface area contributed by atoms with Crippen molar-refractivity contribution in [3.05, 3.63) is 89.7 Å². The number of sulfonamides is 1. The Morgan fingerprint density at radius 1 is 1.00 bits per heavy atom. The van der Waals surface area contributed by atoms with Crippen LogP contribution in [0.3, 0.4) is 0 Å². The molecule has 218 valence electrons. The molecule has 0 saturated heterocycles. The zero-order chi connectivity index (χ0) is 29.6. The molecule has 0 radical (unpaired) electrons. The highest BCUT2D eigenvalue weighted by Crippen LogP contribution is 2.26. The molecule has 0 unspecified atom stereocenters. The van der Waals surface area contributed by atoms with E-state index in [0.29, 0.717) is 5.75 Å². The van der Waals surface area contributed by atoms with Crippen molar-refractivity contribution < 1.29 is 27.1 Å². The van der Waals surface area contributed by atoms with Gasteiger partial charge in [0.1, 0.15) is 24.2 Å². The van der Waals surface area contributed by atoms with Crippen LogP contribution in [0, 0.1) is 12.7 Å². The van der Waals surface area contributed by atoms with Crippen LogP contribution in [0.5, 0.6) is 5.75 Å². The lowest BCUT2D eigenvalue weighted by Crippen LogP contribution is -2.52. The third kappa shape index (κ3) is 7.24. The molecule has 0 heterocycles. The number of aryl methyl sites for hydroxylation is 1. The van der Waals surface area contributed by atoms with Gasteiger partial charge in [-0.25, -0.2) is 12.8 Å². The summed E-state index contributed by atoms with van der Waals surface area (Å²) in [6.45, 7) is 3.10. The van der Waals surface area contributed by atoms with Gasteiger partial charge in [0.25, 0.3) is 10.0 Å². The number of carbonyl (C=O) groups excluding carboxylic acids is 2. The lowest BCUT2D eigenvalue weighted by atomic mass is 10.1. The van der Waals surface area contributed by atoms with E-state index in [0.717, 1.165) is 53.2 Å². The average Bonchev–Trinajstić information content (AvgIpc) is 3.48. The number of hydrogen-bond acceptors (Lipinski definition) is 5. The Hall–Kier alpha value is -3.92. The van der Waals surface area contributed by atoms with Crippen LogP contribution in [0.15, 0.2) is 77.7 Å². The van der Waals surface area contributed by atoms with Gasteiger partial charge in [-0.15, -0.1) is 0 Å². The highest BCUT2D eigenvalue weighted by Gasteiger charge is 2.33. The molecule has 0 bridgehead atoms. The van der Waals surface area contributed by atoms with Crippen molar-refractivity contribution in [3.63, 3.8) is 0 Å². The molecule has 3 aromatic carbocycles. The van der Waals surface area contributed by atoms with Gasteiger partial charge in [-0.3, -0.25) is 13.9 Å². The maximum absolute atomic E-state index is 14.0. The van der Waals surface area contributed by atoms with Gasteiger partial charge in [0.05, 0.1) is 17.7 Å². The van der Waals surface area contributed by atoms with E-state index in [1.54, 1.807) is 6.92 Å². The summed E-state index contributed by atoms with van der Waals surface area (Å²) in [7, 11) is -2.79. The molecule has 4 rings (SSSR count). The quantitative estimate of drug-likeness (QED) is 0.351. The minimum Gasteiger partial charge on any atom is -0.497 e. The molecule has 1 atom stereocenters. The summed E-state index contributed by atoms with van der Waals surface area (Å²) in [4.78, 5) is 28.7. The smallest absolute Gasteiger partial charge is 0.264 e. The Kier molecular flexibility index (Phi) is 9.65. The van der Waals surface area contributed by atoms with Crippen LogP contribution in [0.25, 0.3) is 0 Å². The zero-order valence-corrected chi connectivity index (χ0v) is 24.4. The van der Waals surface area contributed by atoms with Crippen molar-refractivity contribution in [2.75, 3.05) is 18.0 Å². The Morgan fingerprint density at radius 3 is 2.24 bits per heavy atom. The molecular weight excluding hydrogens is 545 g/mol. The van der Waals surface area contributed by atoms with Crippen LogP contribution < -0.4 is 14.4 Å². The van der Waals surface area contributed by atoms with E-state index in [4.69, 9.17) is 4.74 Å². The van der Waals surface area contributed by atoms with Crippen LogP contribution in [0.2, 0.25) is 0 Å². The van der Waals surface area contributed by atoms with Crippen molar-refractivity contribution in [3.8, 4) is 5.75 Å². The number of ether oxygens (including phenoxy) is 1. The minimum absolute atomic E-state index is 0.0616. The second kappa shape index (κ2) is 13.2. The van der Waals surface area contributed by atoms with Gasteiger partial charge in [-0.1, -0.05) is 37.1 Å². The Bertz CT molecular complexity index is 1460. The second-order valence-electron chi connectivity index (χ2n) is 10.3. The normalized spacial score (nSPS) is 14.3. The number of nitrogens with one attached hydrogen (secondary N) is 1. The van der Waals surface area contributed by atoms with Crippen LogP contribution in [-0.4, -0.2) is 50.9 Å². The molecular formula is C31H36FN3O5S. The standard InChI is InChI=1S/C31H36FN3O5S/c1-22-8-4-5-9-24(22)20-34(23(2)31(37)33-26-10-6-7-11-26)30(36)21-35(27-14-12-25(32)13-15-27)41(38,39)29-18-16-28(40-3)17-19-29/h4-5,8-9,12-19,23,26H,6-7,10-11,20-21H2,1-3H3,(H,33,37)/t23-/m1/s1. The third-order valence-electron chi connectivity index (χ3n) is 7.51. The first-order valence-corrected chi connectivity index (χ1v) is 15.1. The first kappa shape index (κ1) is 30.0. The summed E-state index contributed by atoms with van der Waals surface area (Å²) < 4.78 is 47.6. The molecule has 2 amide bonds. The number of nitrogens with zero attached hydrogens (tertiary/aromatic N) is 2. The Labute approximate surface area is 241 Å². The van der Waals surface area contributed by atoms with Crippen molar-refractivity contribution in [1.29, 1.82) is 0 Å². The molecule has 0 aromatic heterocycles. The van der Waals surface area contributed by atoms with E-state index in [1.165, 1.54) is 48.4 Å². The molecule has 1 fully saturated rings. The van der Waals surface area contributed by atoms with Gasteiger partial charge in [0, 0.05) is 12.6 Å². The van der Waals surface area contributed by atoms with E-state index < -0.39 is 34.3 Å². The molecule has 41 heavy (non-hydrogen) atoms. The largest absolute Gasteiger partial charge is 0.497 e. The first-order valence-electron chi connectivity index (χ1n) is 13.7. The second-order valence-corrected chi connectivity index (χ2v) is 12.1. The van der Waals surface area contributed by atoms with Crippen LogP contribution in [0.1, 0.15) is 43.7 Å². The van der Waals surface area contributed by atoms with Gasteiger partial charge in [-0.05, 0) is 86.3 Å². The maximum Gasteiger partial charge on any atom is 0.264 e. The monoisotopic (exact) mass is 581 g/mol. The minimum atomic E-state index is -4.26. The summed E-state index contributed by atoms with van der Waals surface area (Å²) in [6.07, 6.45) is 3.87. The third-order valence-corrected chi connectivity index (χ3v) is 9.30. The van der Waals surface area contributed by atoms with E-state index in [-0.39, 0.29) is 29.1 Å². The topological polar surface area (TPSA) is 96.0 Å². The molecule has 3 aromatic rings. The van der Waals surface area contributed by atoms with Crippen molar-refractivity contribution >= 4 is 27.5 Å². The number of halogens is 1. The fourth-order valence-corrected chi connectivity index (χ4v) is 6.37. The highest BCUT2D eigenvalue weighted by molar-refractivity contribution is 7.92. The van der Waals surface area contributed by atoms with Gasteiger partial charge >= 0.3 is 0 Å². The van der Waals surface area contributed by atoms with Gasteiger partial charge in [0.15, 0.2) is 0 Å². The fourth-order valence-electron chi connectivity index (χ4n) is 4.96. The molecule has 1 aliphatic rings. The predicted octanol–water partition coefficient (Wildman–Crippen LogP) is 4.81. The van der Waals surface area contributed by atoms with Crippen molar-refractivity contribution in [1.82, 2.24) is 10.2 Å². The Balaban J connectivity index is 1.69. The molecule has 0 aliphatic heterocycles. The molecule has 1 N–H and O–H groups in total. The summed E-state index contributed by atoms with van der Waals surface area (Å²) >= 11 is 0. The molecule has 10 heteroatoms. The SMILES string of the molecule is COc1ccc(S(=O)(=O)N(CC(=O)N(Cc2ccccc2C)[C@H](C)C(=O)NC2CCCC2)c2ccc(F)cc2)cc1. The fraction of sp³-hybridized carbons (Fsp3) is 0.355. The maximum atomic E-state index is 14.0. The number of carbonyl (C=O) groups is 2. The lowest BCUT2D eigenvalue weighted by Gasteiger charge is -2.32. The Morgan fingerprint density at radius 2 is 1.63 bits per heavy atom. The van der Waals surface area contributed by atoms with Crippen molar-refractivity contribution in [2.24, 2.45) is 0 Å². The number of rotatable bonds is 11. The van der Waals surface area contributed by atoms with Gasteiger partial charge < -0.3 is 15.0 Å². The zero-order valence-electron chi connectivity index (χ0n) is 23.5. The van der Waals surface area contributed by atoms with Gasteiger partial charge in [0.2, 0.25) is 11.8 Å². The van der Waals surface area contributed by atoms with E-state index in [1.807, 2.05) is 31.2 Å². The predicted molar refractivity (Wildman–Crippen MR) is 156 cm³/mol. The number of methoxy groups -OCH3 is 1. The lowest BCUT2D eigenvalue weighted by molar-refractivity contribution is -0.139. The van der Waals surface area contributed by atoms with Crippen LogP contribution in [-0.2, 0) is 26.2 Å². The summed E-state index contributed by atoms with van der Waals surface area (Å²) in [5, 5.41) is 3.05. The van der Waals surface area contributed by atoms with E-state index >= 15 is 0 Å². The number of amides is 2. The van der Waals surface area contributed by atoms with Crippen LogP contribution in [0.4, 0.5) is 10.1 Å². The number of hydrogen-bond donors (Lipinski definition) is 1. The number of benzene rings is 3. The van der Waals surface area contributed by atoms with E-state index in [9.17, 15) is 22.4 Å².